The average Bonchev–Trinajstić information content (AvgIpc) is 2.82. The number of aromatic nitrogens is 1. The SMILES string of the molecule is NC(Cc1ccc(-n2cccc2)c(O)c1)C(=O)O. The zero-order valence-electron chi connectivity index (χ0n) is 9.65. The van der Waals surface area contributed by atoms with Gasteiger partial charge in [0, 0.05) is 12.4 Å². The van der Waals surface area contributed by atoms with Crippen LogP contribution in [0, 0.1) is 0 Å². The van der Waals surface area contributed by atoms with Gasteiger partial charge >= 0.3 is 5.97 Å². The molecular weight excluding hydrogens is 232 g/mol. The second kappa shape index (κ2) is 4.93. The first-order valence-electron chi connectivity index (χ1n) is 5.51. The Labute approximate surface area is 104 Å². The molecule has 0 aliphatic carbocycles. The maximum atomic E-state index is 10.7. The molecule has 0 spiro atoms. The maximum absolute atomic E-state index is 10.7. The summed E-state index contributed by atoms with van der Waals surface area (Å²) >= 11 is 0. The van der Waals surface area contributed by atoms with Crippen molar-refractivity contribution in [3.63, 3.8) is 0 Å². The van der Waals surface area contributed by atoms with Crippen LogP contribution < -0.4 is 5.73 Å². The van der Waals surface area contributed by atoms with Crippen molar-refractivity contribution in [2.75, 3.05) is 0 Å². The normalized spacial score (nSPS) is 12.3. The summed E-state index contributed by atoms with van der Waals surface area (Å²) in [6, 6.07) is 7.79. The lowest BCUT2D eigenvalue weighted by Crippen LogP contribution is -2.32. The predicted molar refractivity (Wildman–Crippen MR) is 66.7 cm³/mol. The first kappa shape index (κ1) is 12.2. The van der Waals surface area contributed by atoms with E-state index in [-0.39, 0.29) is 12.2 Å². The Balaban J connectivity index is 2.23. The standard InChI is InChI=1S/C13H14N2O3/c14-10(13(17)18)7-9-3-4-11(12(16)8-9)15-5-1-2-6-15/h1-6,8,10,16H,7,14H2,(H,17,18). The third kappa shape index (κ3) is 2.52. The number of aliphatic carboxylic acids is 1. The van der Waals surface area contributed by atoms with Gasteiger partial charge in [0.1, 0.15) is 11.8 Å². The van der Waals surface area contributed by atoms with Crippen molar-refractivity contribution >= 4 is 5.97 Å². The van der Waals surface area contributed by atoms with Gasteiger partial charge in [0.2, 0.25) is 0 Å². The molecule has 0 aliphatic rings. The molecule has 94 valence electrons. The van der Waals surface area contributed by atoms with E-state index in [0.717, 1.165) is 0 Å². The van der Waals surface area contributed by atoms with Crippen LogP contribution in [0.4, 0.5) is 0 Å². The van der Waals surface area contributed by atoms with E-state index in [0.29, 0.717) is 11.3 Å². The Morgan fingerprint density at radius 1 is 1.33 bits per heavy atom. The smallest absolute Gasteiger partial charge is 0.320 e. The molecule has 18 heavy (non-hydrogen) atoms. The minimum Gasteiger partial charge on any atom is -0.506 e. The van der Waals surface area contributed by atoms with Gasteiger partial charge in [-0.3, -0.25) is 4.79 Å². The van der Waals surface area contributed by atoms with E-state index in [1.54, 1.807) is 16.7 Å². The molecule has 5 nitrogen and oxygen atoms in total. The van der Waals surface area contributed by atoms with Crippen LogP contribution >= 0.6 is 0 Å². The third-order valence-electron chi connectivity index (χ3n) is 2.70. The van der Waals surface area contributed by atoms with Crippen molar-refractivity contribution in [3.05, 3.63) is 48.3 Å². The molecule has 1 heterocycles. The number of hydrogen-bond acceptors (Lipinski definition) is 3. The molecule has 0 saturated heterocycles. The molecular formula is C13H14N2O3. The van der Waals surface area contributed by atoms with Gasteiger partial charge in [-0.25, -0.2) is 0 Å². The van der Waals surface area contributed by atoms with E-state index in [2.05, 4.69) is 0 Å². The van der Waals surface area contributed by atoms with Gasteiger partial charge in [-0.1, -0.05) is 6.07 Å². The fourth-order valence-corrected chi connectivity index (χ4v) is 1.75. The minimum atomic E-state index is -1.05. The molecule has 0 saturated carbocycles. The monoisotopic (exact) mass is 246 g/mol. The van der Waals surface area contributed by atoms with Crippen molar-refractivity contribution in [3.8, 4) is 11.4 Å². The molecule has 0 bridgehead atoms. The van der Waals surface area contributed by atoms with E-state index in [1.807, 2.05) is 24.5 Å². The first-order chi connectivity index (χ1) is 8.58. The second-order valence-corrected chi connectivity index (χ2v) is 4.06. The summed E-state index contributed by atoms with van der Waals surface area (Å²) in [5, 5.41) is 18.6. The fraction of sp³-hybridized carbons (Fsp3) is 0.154. The van der Waals surface area contributed by atoms with Crippen molar-refractivity contribution in [1.29, 1.82) is 0 Å². The lowest BCUT2D eigenvalue weighted by molar-refractivity contribution is -0.138. The number of nitrogens with two attached hydrogens (primary N) is 1. The van der Waals surface area contributed by atoms with Crippen LogP contribution in [0.2, 0.25) is 0 Å². The summed E-state index contributed by atoms with van der Waals surface area (Å²) in [5.41, 5.74) is 6.78. The molecule has 2 aromatic rings. The number of aromatic hydroxyl groups is 1. The molecule has 1 unspecified atom stereocenters. The molecule has 5 heteroatoms. The number of carboxylic acids is 1. The Morgan fingerprint density at radius 2 is 2.00 bits per heavy atom. The van der Waals surface area contributed by atoms with E-state index < -0.39 is 12.0 Å². The zero-order valence-corrected chi connectivity index (χ0v) is 9.65. The highest BCUT2D eigenvalue weighted by Crippen LogP contribution is 2.23. The number of phenolic OH excluding ortho intramolecular Hbond substituents is 1. The topological polar surface area (TPSA) is 88.5 Å². The second-order valence-electron chi connectivity index (χ2n) is 4.06. The number of nitrogens with zero attached hydrogens (tertiary/aromatic N) is 1. The molecule has 1 aromatic carbocycles. The van der Waals surface area contributed by atoms with Gasteiger partial charge in [0.25, 0.3) is 0 Å². The third-order valence-corrected chi connectivity index (χ3v) is 2.70. The minimum absolute atomic E-state index is 0.0984. The summed E-state index contributed by atoms with van der Waals surface area (Å²) in [7, 11) is 0. The maximum Gasteiger partial charge on any atom is 0.320 e. The van der Waals surface area contributed by atoms with Crippen molar-refractivity contribution in [2.45, 2.75) is 12.5 Å². The lowest BCUT2D eigenvalue weighted by Gasteiger charge is -2.10. The van der Waals surface area contributed by atoms with Crippen molar-refractivity contribution in [1.82, 2.24) is 4.57 Å². The van der Waals surface area contributed by atoms with Crippen LogP contribution in [0.25, 0.3) is 5.69 Å². The summed E-state index contributed by atoms with van der Waals surface area (Å²) in [6.07, 6.45) is 3.82. The fourth-order valence-electron chi connectivity index (χ4n) is 1.75. The lowest BCUT2D eigenvalue weighted by atomic mass is 10.1. The van der Waals surface area contributed by atoms with E-state index in [9.17, 15) is 9.90 Å². The number of rotatable bonds is 4. The quantitative estimate of drug-likeness (QED) is 0.754. The highest BCUT2D eigenvalue weighted by atomic mass is 16.4. The average molecular weight is 246 g/mol. The number of carbonyl (C=O) groups is 1. The molecule has 0 radical (unpaired) electrons. The van der Waals surface area contributed by atoms with Crippen LogP contribution in [-0.2, 0) is 11.2 Å². The van der Waals surface area contributed by atoms with Gasteiger partial charge in [-0.15, -0.1) is 0 Å². The van der Waals surface area contributed by atoms with Crippen LogP contribution in [-0.4, -0.2) is 26.8 Å². The zero-order chi connectivity index (χ0) is 13.1. The molecule has 1 aromatic heterocycles. The Hall–Kier alpha value is -2.27. The molecule has 0 fully saturated rings. The summed E-state index contributed by atoms with van der Waals surface area (Å²) in [5.74, 6) is -0.953. The summed E-state index contributed by atoms with van der Waals surface area (Å²) in [6.45, 7) is 0. The Kier molecular flexibility index (Phi) is 3.34. The molecule has 4 N–H and O–H groups in total. The van der Waals surface area contributed by atoms with Gasteiger partial charge in [0.05, 0.1) is 5.69 Å². The Bertz CT molecular complexity index is 549. The van der Waals surface area contributed by atoms with Gasteiger partial charge in [-0.05, 0) is 36.2 Å². The molecule has 2 rings (SSSR count). The molecule has 1 atom stereocenters. The van der Waals surface area contributed by atoms with Gasteiger partial charge in [-0.2, -0.15) is 0 Å². The predicted octanol–water partition coefficient (Wildman–Crippen LogP) is 1.14. The van der Waals surface area contributed by atoms with E-state index >= 15 is 0 Å². The molecule has 0 aliphatic heterocycles. The van der Waals surface area contributed by atoms with Gasteiger partial charge < -0.3 is 20.5 Å². The summed E-state index contributed by atoms with van der Waals surface area (Å²) < 4.78 is 1.77. The number of hydrogen-bond donors (Lipinski definition) is 3. The van der Waals surface area contributed by atoms with Crippen LogP contribution in [0.5, 0.6) is 5.75 Å². The van der Waals surface area contributed by atoms with E-state index in [4.69, 9.17) is 10.8 Å². The van der Waals surface area contributed by atoms with Gasteiger partial charge in [0.15, 0.2) is 0 Å². The number of carboxylic acid groups (broad SMARTS) is 1. The highest BCUT2D eigenvalue weighted by Gasteiger charge is 2.13. The highest BCUT2D eigenvalue weighted by molar-refractivity contribution is 5.73. The number of benzene rings is 1. The Morgan fingerprint density at radius 3 is 2.56 bits per heavy atom. The summed E-state index contributed by atoms with van der Waals surface area (Å²) in [4.78, 5) is 10.7. The largest absolute Gasteiger partial charge is 0.506 e. The van der Waals surface area contributed by atoms with Crippen molar-refractivity contribution in [2.24, 2.45) is 5.73 Å². The first-order valence-corrected chi connectivity index (χ1v) is 5.51. The number of phenols is 1. The van der Waals surface area contributed by atoms with Crippen LogP contribution in [0.15, 0.2) is 42.7 Å². The van der Waals surface area contributed by atoms with E-state index in [1.165, 1.54) is 6.07 Å². The van der Waals surface area contributed by atoms with Crippen LogP contribution in [0.3, 0.4) is 0 Å². The van der Waals surface area contributed by atoms with Crippen molar-refractivity contribution < 1.29 is 15.0 Å². The molecule has 0 amide bonds. The van der Waals surface area contributed by atoms with Crippen LogP contribution in [0.1, 0.15) is 5.56 Å².